The van der Waals surface area contributed by atoms with Crippen LogP contribution in [-0.4, -0.2) is 68.5 Å². The minimum atomic E-state index is 0.551. The highest BCUT2D eigenvalue weighted by molar-refractivity contribution is 6.21. The molecule has 0 unspecified atom stereocenters. The first kappa shape index (κ1) is 25.2. The van der Waals surface area contributed by atoms with E-state index in [0.717, 1.165) is 48.7 Å². The van der Waals surface area contributed by atoms with Crippen molar-refractivity contribution in [2.45, 2.75) is 33.6 Å². The van der Waals surface area contributed by atoms with E-state index in [-0.39, 0.29) is 0 Å². The Morgan fingerprint density at radius 1 is 1.27 bits per heavy atom. The Kier molecular flexibility index (Phi) is 11.9. The molecule has 0 bridgehead atoms. The summed E-state index contributed by atoms with van der Waals surface area (Å²) in [7, 11) is 2.03. The summed E-state index contributed by atoms with van der Waals surface area (Å²) in [4.78, 5) is 21.7. The SMILES string of the molecule is C=CC1=C(/C=C\C)CCCN1/C(=C/C(=N\CN(C)CC)C(/C=NCC)=C/N=C)N=C. The van der Waals surface area contributed by atoms with Gasteiger partial charge in [-0.1, -0.05) is 25.7 Å². The van der Waals surface area contributed by atoms with Crippen molar-refractivity contribution in [2.75, 3.05) is 33.4 Å². The van der Waals surface area contributed by atoms with Crippen LogP contribution in [0.15, 0.2) is 79.7 Å². The van der Waals surface area contributed by atoms with Gasteiger partial charge in [0, 0.05) is 42.9 Å². The topological polar surface area (TPSA) is 55.9 Å². The van der Waals surface area contributed by atoms with Gasteiger partial charge in [0.15, 0.2) is 0 Å². The lowest BCUT2D eigenvalue weighted by molar-refractivity contribution is 0.366. The lowest BCUT2D eigenvalue weighted by Crippen LogP contribution is -2.27. The second-order valence-corrected chi connectivity index (χ2v) is 6.78. The first-order chi connectivity index (χ1) is 14.6. The maximum Gasteiger partial charge on any atom is 0.134 e. The van der Waals surface area contributed by atoms with Crippen molar-refractivity contribution >= 4 is 25.4 Å². The molecule has 0 aromatic carbocycles. The van der Waals surface area contributed by atoms with Gasteiger partial charge >= 0.3 is 0 Å². The largest absolute Gasteiger partial charge is 0.326 e. The smallest absolute Gasteiger partial charge is 0.134 e. The fourth-order valence-corrected chi connectivity index (χ4v) is 3.00. The van der Waals surface area contributed by atoms with Crippen molar-refractivity contribution < 1.29 is 0 Å². The number of aliphatic imine (C=N–C) groups is 4. The molecule has 6 nitrogen and oxygen atoms in total. The fourth-order valence-electron chi connectivity index (χ4n) is 3.00. The van der Waals surface area contributed by atoms with E-state index in [1.54, 1.807) is 12.4 Å². The summed E-state index contributed by atoms with van der Waals surface area (Å²) in [5, 5.41) is 0. The van der Waals surface area contributed by atoms with Crippen LogP contribution in [0, 0.1) is 0 Å². The van der Waals surface area contributed by atoms with Crippen molar-refractivity contribution in [1.82, 2.24) is 9.80 Å². The predicted molar refractivity (Wildman–Crippen MR) is 133 cm³/mol. The summed E-state index contributed by atoms with van der Waals surface area (Å²) >= 11 is 0. The zero-order valence-corrected chi connectivity index (χ0v) is 19.0. The van der Waals surface area contributed by atoms with Gasteiger partial charge in [-0.05, 0) is 65.4 Å². The highest BCUT2D eigenvalue weighted by Crippen LogP contribution is 2.28. The normalized spacial score (nSPS) is 16.8. The average Bonchev–Trinajstić information content (AvgIpc) is 2.77. The zero-order chi connectivity index (χ0) is 22.4. The van der Waals surface area contributed by atoms with Crippen LogP contribution >= 0.6 is 0 Å². The van der Waals surface area contributed by atoms with Crippen molar-refractivity contribution in [1.29, 1.82) is 0 Å². The monoisotopic (exact) mass is 408 g/mol. The number of rotatable bonds is 12. The number of nitrogens with zero attached hydrogens (tertiary/aromatic N) is 6. The fraction of sp³-hybridized carbons (Fsp3) is 0.417. The molecule has 0 aromatic rings. The molecule has 1 rings (SSSR count). The minimum absolute atomic E-state index is 0.551. The van der Waals surface area contributed by atoms with Crippen molar-refractivity contribution in [2.24, 2.45) is 20.0 Å². The Morgan fingerprint density at radius 2 is 2.03 bits per heavy atom. The molecular formula is C24H36N6. The molecule has 1 aliphatic heterocycles. The van der Waals surface area contributed by atoms with E-state index in [2.05, 4.69) is 63.9 Å². The van der Waals surface area contributed by atoms with Gasteiger partial charge in [-0.3, -0.25) is 19.9 Å². The molecular weight excluding hydrogens is 372 g/mol. The van der Waals surface area contributed by atoms with Crippen LogP contribution in [0.5, 0.6) is 0 Å². The van der Waals surface area contributed by atoms with E-state index in [0.29, 0.717) is 13.2 Å². The van der Waals surface area contributed by atoms with Gasteiger partial charge < -0.3 is 4.90 Å². The highest BCUT2D eigenvalue weighted by atomic mass is 15.2. The molecule has 6 heteroatoms. The Balaban J connectivity index is 3.53. The molecule has 0 radical (unpaired) electrons. The molecule has 0 aliphatic carbocycles. The van der Waals surface area contributed by atoms with Gasteiger partial charge in [0.1, 0.15) is 5.82 Å². The third-order valence-electron chi connectivity index (χ3n) is 4.67. The number of hydrogen-bond donors (Lipinski definition) is 0. The summed E-state index contributed by atoms with van der Waals surface area (Å²) < 4.78 is 0. The summed E-state index contributed by atoms with van der Waals surface area (Å²) in [5.74, 6) is 0.726. The Hall–Kier alpha value is -2.86. The quantitative estimate of drug-likeness (QED) is 0.441. The molecule has 0 spiro atoms. The lowest BCUT2D eigenvalue weighted by atomic mass is 10.0. The molecule has 30 heavy (non-hydrogen) atoms. The van der Waals surface area contributed by atoms with Gasteiger partial charge in [-0.25, -0.2) is 4.99 Å². The molecule has 1 aliphatic rings. The molecule has 0 saturated carbocycles. The maximum absolute atomic E-state index is 4.80. The first-order valence-corrected chi connectivity index (χ1v) is 10.4. The third-order valence-corrected chi connectivity index (χ3v) is 4.67. The Labute approximate surface area is 182 Å². The van der Waals surface area contributed by atoms with Crippen LogP contribution in [0.1, 0.15) is 33.6 Å². The Morgan fingerprint density at radius 3 is 2.60 bits per heavy atom. The van der Waals surface area contributed by atoms with Crippen LogP contribution in [0.2, 0.25) is 0 Å². The van der Waals surface area contributed by atoms with Crippen molar-refractivity contribution in [3.8, 4) is 0 Å². The Bertz CT molecular complexity index is 780. The standard InChI is InChI=1S/C24H36N6/c1-8-13-20-14-12-15-30(23(20)9-2)24(26-6)16-22(28-19-29(7)11-4)21(17-25-5)18-27-10-3/h8-9,13,16-18H,2,5-6,10-12,14-15,19H2,1,3-4,7H3/b13-8-,21-17+,24-16+,27-18?,28-22+. The zero-order valence-electron chi connectivity index (χ0n) is 19.0. The molecule has 0 N–H and O–H groups in total. The van der Waals surface area contributed by atoms with Crippen LogP contribution in [0.3, 0.4) is 0 Å². The molecule has 1 heterocycles. The second kappa shape index (κ2) is 14.2. The molecule has 0 aromatic heterocycles. The average molecular weight is 409 g/mol. The third kappa shape index (κ3) is 7.52. The van der Waals surface area contributed by atoms with E-state index in [9.17, 15) is 0 Å². The van der Waals surface area contributed by atoms with Crippen molar-refractivity contribution in [3.63, 3.8) is 0 Å². The minimum Gasteiger partial charge on any atom is -0.326 e. The predicted octanol–water partition coefficient (Wildman–Crippen LogP) is 4.67. The molecule has 0 atom stereocenters. The van der Waals surface area contributed by atoms with Crippen molar-refractivity contribution in [3.05, 3.63) is 59.7 Å². The van der Waals surface area contributed by atoms with Gasteiger partial charge in [0.05, 0.1) is 12.4 Å². The summed E-state index contributed by atoms with van der Waals surface area (Å²) in [6.07, 6.45) is 13.5. The van der Waals surface area contributed by atoms with Gasteiger partial charge in [-0.15, -0.1) is 0 Å². The number of hydrogen-bond acceptors (Lipinski definition) is 6. The van der Waals surface area contributed by atoms with E-state index in [1.807, 2.05) is 33.0 Å². The van der Waals surface area contributed by atoms with Crippen LogP contribution in [0.25, 0.3) is 0 Å². The van der Waals surface area contributed by atoms with Crippen LogP contribution in [-0.2, 0) is 0 Å². The summed E-state index contributed by atoms with van der Waals surface area (Å²) in [5.41, 5.74) is 3.82. The lowest BCUT2D eigenvalue weighted by Gasteiger charge is -2.31. The number of allylic oxidation sites excluding steroid dienone is 6. The molecule has 0 saturated heterocycles. The van der Waals surface area contributed by atoms with Gasteiger partial charge in [0.2, 0.25) is 0 Å². The first-order valence-electron chi connectivity index (χ1n) is 10.4. The van der Waals surface area contributed by atoms with E-state index in [1.165, 1.54) is 5.57 Å². The van der Waals surface area contributed by atoms with Crippen LogP contribution < -0.4 is 0 Å². The van der Waals surface area contributed by atoms with Crippen LogP contribution in [0.4, 0.5) is 0 Å². The summed E-state index contributed by atoms with van der Waals surface area (Å²) in [6.45, 7) is 20.5. The second-order valence-electron chi connectivity index (χ2n) is 6.78. The molecule has 0 fully saturated rings. The van der Waals surface area contributed by atoms with E-state index < -0.39 is 0 Å². The highest BCUT2D eigenvalue weighted by Gasteiger charge is 2.20. The maximum atomic E-state index is 4.80. The molecule has 0 amide bonds. The van der Waals surface area contributed by atoms with Gasteiger partial charge in [-0.2, -0.15) is 0 Å². The van der Waals surface area contributed by atoms with E-state index in [4.69, 9.17) is 4.99 Å². The van der Waals surface area contributed by atoms with Gasteiger partial charge in [0.25, 0.3) is 0 Å². The summed E-state index contributed by atoms with van der Waals surface area (Å²) in [6, 6.07) is 0. The molecule has 162 valence electrons. The van der Waals surface area contributed by atoms with E-state index >= 15 is 0 Å².